The Balaban J connectivity index is 0. The fourth-order valence-electron chi connectivity index (χ4n) is 0. The van der Waals surface area contributed by atoms with Crippen molar-refractivity contribution in [3.05, 3.63) is 0 Å². The van der Waals surface area contributed by atoms with E-state index in [0.29, 0.717) is 0 Å². The van der Waals surface area contributed by atoms with Crippen molar-refractivity contribution in [2.75, 3.05) is 0 Å². The van der Waals surface area contributed by atoms with Crippen LogP contribution in [0.4, 0.5) is 4.79 Å². The molecule has 0 saturated carbocycles. The van der Waals surface area contributed by atoms with E-state index in [1.165, 1.54) is 0 Å². The maximum atomic E-state index is 9.17. The van der Waals surface area contributed by atoms with E-state index in [2.05, 4.69) is 5.73 Å². The average molecular weight is 171 g/mol. The molecule has 0 radical (unpaired) electrons. The van der Waals surface area contributed by atoms with E-state index in [-0.39, 0.29) is 0 Å². The predicted molar refractivity (Wildman–Crippen MR) is 29.2 cm³/mol. The lowest BCUT2D eigenvalue weighted by Crippen LogP contribution is -2.16. The number of hydrogen-bond donors (Lipinski definition) is 5. The van der Waals surface area contributed by atoms with E-state index >= 15 is 0 Å². The van der Waals surface area contributed by atoms with Gasteiger partial charge in [-0.2, -0.15) is 0 Å². The van der Waals surface area contributed by atoms with Crippen LogP contribution in [0, 0.1) is 0 Å². The molecule has 0 aliphatic rings. The van der Waals surface area contributed by atoms with Crippen molar-refractivity contribution in [1.82, 2.24) is 0 Å². The molecule has 0 heterocycles. The van der Waals surface area contributed by atoms with Gasteiger partial charge in [0.2, 0.25) is 0 Å². The third kappa shape index (κ3) is 55.9. The van der Waals surface area contributed by atoms with Crippen LogP contribution in [0.25, 0.3) is 0 Å². The Kier molecular flexibility index (Phi) is 6.07. The number of primary amides is 1. The van der Waals surface area contributed by atoms with E-state index in [1.54, 1.807) is 0 Å². The second kappa shape index (κ2) is 5.07. The molecule has 10 heavy (non-hydrogen) atoms. The monoisotopic (exact) mass is 171 g/mol. The van der Waals surface area contributed by atoms with Crippen LogP contribution in [-0.4, -0.2) is 32.2 Å². The first-order chi connectivity index (χ1) is 4.29. The van der Waals surface area contributed by atoms with Crippen molar-refractivity contribution in [1.29, 1.82) is 0 Å². The molecule has 0 rings (SSSR count). The molecule has 0 fully saturated rings. The van der Waals surface area contributed by atoms with E-state index in [4.69, 9.17) is 25.2 Å². The summed E-state index contributed by atoms with van der Waals surface area (Å²) in [4.78, 5) is 8.78. The second-order valence-corrected chi connectivity index (χ2v) is 1.81. The first kappa shape index (κ1) is 12.0. The predicted octanol–water partition coefficient (Wildman–Crippen LogP) is -1.51. The van der Waals surface area contributed by atoms with Gasteiger partial charge in [-0.15, -0.1) is 0 Å². The van der Waals surface area contributed by atoms with Crippen LogP contribution in [0.2, 0.25) is 0 Å². The minimum atomic E-state index is -3.04. The van der Waals surface area contributed by atoms with Crippen LogP contribution in [-0.2, 0) is 4.57 Å². The molecule has 0 bridgehead atoms. The van der Waals surface area contributed by atoms with Crippen LogP contribution >= 0.6 is 8.46 Å². The van der Waals surface area contributed by atoms with Crippen LogP contribution in [0.1, 0.15) is 0 Å². The maximum absolute atomic E-state index is 9.17. The number of amides is 1. The molecule has 60 valence electrons. The first-order valence-electron chi connectivity index (χ1n) is 1.79. The van der Waals surface area contributed by atoms with Gasteiger partial charge in [-0.3, -0.25) is 4.57 Å². The number of nitrogens with two attached hydrogens (primary N) is 1. The third-order valence-electron chi connectivity index (χ3n) is 0.122. The Morgan fingerprint density at radius 2 is 1.50 bits per heavy atom. The molecule has 0 spiro atoms. The molecule has 1 amide bonds. The summed E-state index contributed by atoms with van der Waals surface area (Å²) in [5, 5.41) is 30.0. The van der Waals surface area contributed by atoms with Crippen molar-refractivity contribution < 1.29 is 29.8 Å². The summed E-state index contributed by atoms with van der Waals surface area (Å²) in [5.74, 6) is 0. The highest BCUT2D eigenvalue weighted by Crippen LogP contribution is 2.08. The van der Waals surface area contributed by atoms with Gasteiger partial charge in [0.15, 0.2) is 0 Å². The molecule has 6 N–H and O–H groups in total. The lowest BCUT2D eigenvalue weighted by atomic mass is 11.3. The summed E-state index contributed by atoms with van der Waals surface area (Å²) in [6.07, 6.45) is -1.33. The minimum absolute atomic E-state index is 1.11. The van der Waals surface area contributed by atoms with Crippen LogP contribution < -0.4 is 5.73 Å². The summed E-state index contributed by atoms with van der Waals surface area (Å²) in [6.45, 7) is 0. The van der Waals surface area contributed by atoms with E-state index < -0.39 is 20.3 Å². The molecule has 0 aliphatic carbocycles. The van der Waals surface area contributed by atoms with Gasteiger partial charge < -0.3 is 26.2 Å². The highest BCUT2D eigenvalue weighted by molar-refractivity contribution is 7.24. The zero-order valence-corrected chi connectivity index (χ0v) is 5.52. The topological polar surface area (TPSA) is 141 Å². The second-order valence-electron chi connectivity index (χ2n) is 1.03. The molecule has 0 aromatic heterocycles. The largest absolute Gasteiger partial charge is 0.465 e. The van der Waals surface area contributed by atoms with Crippen molar-refractivity contribution in [3.63, 3.8) is 0 Å². The highest BCUT2D eigenvalue weighted by atomic mass is 31.1. The number of carboxylic acid groups (broad SMARTS) is 1. The molecule has 0 aromatic carbocycles. The standard InChI is InChI=1S/CH3NO2.CH3O4P/c2-1(3)4;2-1(3,4)6-5/h2H2,(H,3,4);2-4H. The van der Waals surface area contributed by atoms with Crippen molar-refractivity contribution in [2.24, 2.45) is 5.73 Å². The minimum Gasteiger partial charge on any atom is -0.465 e. The van der Waals surface area contributed by atoms with Gasteiger partial charge in [0.1, 0.15) is 0 Å². The van der Waals surface area contributed by atoms with E-state index in [1.807, 2.05) is 0 Å². The smallest absolute Gasteiger partial charge is 0.402 e. The van der Waals surface area contributed by atoms with Gasteiger partial charge in [0.25, 0.3) is 8.46 Å². The maximum Gasteiger partial charge on any atom is 0.402 e. The fraction of sp³-hybridized carbons (Fsp3) is 0.500. The van der Waals surface area contributed by atoms with Gasteiger partial charge in [-0.25, -0.2) is 4.79 Å². The average Bonchev–Trinajstić information content (AvgIpc) is 1.63. The van der Waals surface area contributed by atoms with Gasteiger partial charge >= 0.3 is 11.8 Å². The fourth-order valence-corrected chi connectivity index (χ4v) is 0. The SMILES string of the molecule is NC(=O)O.O=PC(O)(O)O. The van der Waals surface area contributed by atoms with Crippen LogP contribution in [0.3, 0.4) is 0 Å². The zero-order valence-electron chi connectivity index (χ0n) is 4.63. The molecular formula is C2H6NO6P. The summed E-state index contributed by atoms with van der Waals surface area (Å²) < 4.78 is 9.17. The molecule has 0 aromatic rings. The first-order valence-corrected chi connectivity index (χ1v) is 2.61. The number of carbonyl (C=O) groups is 1. The summed E-state index contributed by atoms with van der Waals surface area (Å²) in [7, 11) is -1.11. The van der Waals surface area contributed by atoms with Crippen LogP contribution in [0.5, 0.6) is 0 Å². The van der Waals surface area contributed by atoms with Crippen molar-refractivity contribution in [2.45, 2.75) is 5.71 Å². The normalized spacial score (nSPS) is 9.90. The Morgan fingerprint density at radius 3 is 1.50 bits per heavy atom. The van der Waals surface area contributed by atoms with E-state index in [9.17, 15) is 4.57 Å². The third-order valence-corrected chi connectivity index (χ3v) is 0.367. The van der Waals surface area contributed by atoms with Crippen molar-refractivity contribution in [3.8, 4) is 0 Å². The lowest BCUT2D eigenvalue weighted by Gasteiger charge is -1.98. The number of aliphatic hydroxyl groups is 3. The highest BCUT2D eigenvalue weighted by Gasteiger charge is 2.16. The van der Waals surface area contributed by atoms with Gasteiger partial charge in [-0.05, 0) is 0 Å². The molecular weight excluding hydrogens is 165 g/mol. The Morgan fingerprint density at radius 1 is 1.40 bits per heavy atom. The molecule has 0 aliphatic heterocycles. The molecule has 0 atom stereocenters. The number of hydrogen-bond acceptors (Lipinski definition) is 5. The van der Waals surface area contributed by atoms with Gasteiger partial charge in [0.05, 0.1) is 0 Å². The van der Waals surface area contributed by atoms with Gasteiger partial charge in [-0.1, -0.05) is 0 Å². The Hall–Kier alpha value is -0.750. The van der Waals surface area contributed by atoms with E-state index in [0.717, 1.165) is 0 Å². The van der Waals surface area contributed by atoms with Crippen LogP contribution in [0.15, 0.2) is 0 Å². The quantitative estimate of drug-likeness (QED) is 0.240. The Labute approximate surface area is 56.9 Å². The number of rotatable bonds is 1. The molecule has 8 heteroatoms. The summed E-state index contributed by atoms with van der Waals surface area (Å²) in [6, 6.07) is 0. The summed E-state index contributed by atoms with van der Waals surface area (Å²) in [5.41, 5.74) is 0.986. The summed E-state index contributed by atoms with van der Waals surface area (Å²) >= 11 is 0. The zero-order chi connectivity index (χ0) is 8.78. The molecule has 0 saturated heterocycles. The van der Waals surface area contributed by atoms with Gasteiger partial charge in [0, 0.05) is 0 Å². The lowest BCUT2D eigenvalue weighted by molar-refractivity contribution is -0.238. The molecule has 0 unspecified atom stereocenters. The van der Waals surface area contributed by atoms with Crippen molar-refractivity contribution >= 4 is 14.6 Å². The molecule has 7 nitrogen and oxygen atoms in total. The Bertz CT molecular complexity index is 113.